The van der Waals surface area contributed by atoms with Gasteiger partial charge in [-0.05, 0) is 12.0 Å². The molecule has 1 aromatic carbocycles. The summed E-state index contributed by atoms with van der Waals surface area (Å²) in [6.07, 6.45) is 5.38. The first-order valence-corrected chi connectivity index (χ1v) is 7.84. The standard InChI is InChI=1S/C18H16N6O/c1-2-6-21-18(25)17-16(20)13-5-3-4-12(15(13)9-22-17)14-10-24-23-8-11(14)7-19/h3-5,8-10H,2,6,20H2,1H3,(H,21,25). The van der Waals surface area contributed by atoms with E-state index in [0.717, 1.165) is 17.4 Å². The third-order valence-corrected chi connectivity index (χ3v) is 3.87. The number of hydrogen-bond donors (Lipinski definition) is 2. The Morgan fingerprint density at radius 2 is 2.00 bits per heavy atom. The number of fused-ring (bicyclic) bond motifs is 1. The predicted molar refractivity (Wildman–Crippen MR) is 94.5 cm³/mol. The summed E-state index contributed by atoms with van der Waals surface area (Å²) in [7, 11) is 0. The lowest BCUT2D eigenvalue weighted by molar-refractivity contribution is 0.0950. The van der Waals surface area contributed by atoms with Crippen LogP contribution < -0.4 is 11.1 Å². The molecule has 0 fully saturated rings. The number of nitrogen functional groups attached to an aromatic ring is 1. The van der Waals surface area contributed by atoms with E-state index in [2.05, 4.69) is 26.6 Å². The molecule has 0 saturated carbocycles. The minimum Gasteiger partial charge on any atom is -0.396 e. The number of benzene rings is 1. The van der Waals surface area contributed by atoms with Crippen molar-refractivity contribution in [3.05, 3.63) is 48.0 Å². The number of hydrogen-bond acceptors (Lipinski definition) is 6. The van der Waals surface area contributed by atoms with Crippen molar-refractivity contribution < 1.29 is 4.79 Å². The largest absolute Gasteiger partial charge is 0.396 e. The quantitative estimate of drug-likeness (QED) is 0.757. The smallest absolute Gasteiger partial charge is 0.272 e. The first kappa shape index (κ1) is 16.3. The van der Waals surface area contributed by atoms with Crippen molar-refractivity contribution in [3.63, 3.8) is 0 Å². The fourth-order valence-electron chi connectivity index (χ4n) is 2.63. The number of pyridine rings is 1. The molecule has 2 heterocycles. The van der Waals surface area contributed by atoms with E-state index in [1.165, 1.54) is 12.4 Å². The van der Waals surface area contributed by atoms with E-state index in [-0.39, 0.29) is 11.6 Å². The van der Waals surface area contributed by atoms with E-state index in [4.69, 9.17) is 5.73 Å². The summed E-state index contributed by atoms with van der Waals surface area (Å²) in [5.74, 6) is -0.296. The lowest BCUT2D eigenvalue weighted by atomic mass is 9.97. The Hall–Kier alpha value is -3.53. The molecule has 0 aliphatic heterocycles. The minimum absolute atomic E-state index is 0.200. The fraction of sp³-hybridized carbons (Fsp3) is 0.167. The van der Waals surface area contributed by atoms with Crippen LogP contribution in [0.1, 0.15) is 29.4 Å². The van der Waals surface area contributed by atoms with Gasteiger partial charge < -0.3 is 11.1 Å². The third-order valence-electron chi connectivity index (χ3n) is 3.87. The Bertz CT molecular complexity index is 993. The Kier molecular flexibility index (Phi) is 4.53. The second-order valence-electron chi connectivity index (χ2n) is 5.47. The van der Waals surface area contributed by atoms with Gasteiger partial charge in [0.25, 0.3) is 5.91 Å². The van der Waals surface area contributed by atoms with Gasteiger partial charge >= 0.3 is 0 Å². The highest BCUT2D eigenvalue weighted by atomic mass is 16.1. The van der Waals surface area contributed by atoms with Gasteiger partial charge in [0.05, 0.1) is 23.6 Å². The second-order valence-corrected chi connectivity index (χ2v) is 5.47. The van der Waals surface area contributed by atoms with Crippen LogP contribution in [0.4, 0.5) is 5.69 Å². The highest BCUT2D eigenvalue weighted by Crippen LogP contribution is 2.33. The Morgan fingerprint density at radius 1 is 1.20 bits per heavy atom. The molecule has 7 nitrogen and oxygen atoms in total. The maximum Gasteiger partial charge on any atom is 0.272 e. The number of amides is 1. The molecule has 3 aromatic rings. The lowest BCUT2D eigenvalue weighted by Crippen LogP contribution is -2.26. The van der Waals surface area contributed by atoms with Gasteiger partial charge in [0.2, 0.25) is 0 Å². The molecule has 7 heteroatoms. The summed E-state index contributed by atoms with van der Waals surface area (Å²) >= 11 is 0. The molecule has 1 amide bonds. The zero-order valence-corrected chi connectivity index (χ0v) is 13.7. The highest BCUT2D eigenvalue weighted by molar-refractivity contribution is 6.09. The maximum absolute atomic E-state index is 12.2. The normalized spacial score (nSPS) is 10.4. The van der Waals surface area contributed by atoms with Crippen LogP contribution in [0.3, 0.4) is 0 Å². The monoisotopic (exact) mass is 332 g/mol. The van der Waals surface area contributed by atoms with Crippen LogP contribution >= 0.6 is 0 Å². The van der Waals surface area contributed by atoms with Gasteiger partial charge in [-0.3, -0.25) is 4.79 Å². The molecule has 124 valence electrons. The Labute approximate surface area is 144 Å². The molecular formula is C18H16N6O. The van der Waals surface area contributed by atoms with Crippen LogP contribution in [0.15, 0.2) is 36.8 Å². The zero-order valence-electron chi connectivity index (χ0n) is 13.7. The fourth-order valence-corrected chi connectivity index (χ4v) is 2.63. The summed E-state index contributed by atoms with van der Waals surface area (Å²) in [6.45, 7) is 2.53. The van der Waals surface area contributed by atoms with E-state index in [9.17, 15) is 10.1 Å². The van der Waals surface area contributed by atoms with Crippen LogP contribution in [-0.4, -0.2) is 27.6 Å². The van der Waals surface area contributed by atoms with Crippen molar-refractivity contribution in [2.24, 2.45) is 0 Å². The topological polar surface area (TPSA) is 118 Å². The number of carbonyl (C=O) groups excluding carboxylic acids is 1. The van der Waals surface area contributed by atoms with Crippen molar-refractivity contribution >= 4 is 22.4 Å². The highest BCUT2D eigenvalue weighted by Gasteiger charge is 2.16. The van der Waals surface area contributed by atoms with Gasteiger partial charge in [-0.1, -0.05) is 25.1 Å². The predicted octanol–water partition coefficient (Wildman–Crippen LogP) is 2.29. The van der Waals surface area contributed by atoms with E-state index >= 15 is 0 Å². The van der Waals surface area contributed by atoms with Crippen molar-refractivity contribution in [1.29, 1.82) is 5.26 Å². The van der Waals surface area contributed by atoms with E-state index in [1.807, 2.05) is 25.1 Å². The number of nitrogens with zero attached hydrogens (tertiary/aromatic N) is 4. The molecule has 0 radical (unpaired) electrons. The lowest BCUT2D eigenvalue weighted by Gasteiger charge is -2.12. The second kappa shape index (κ2) is 6.93. The molecular weight excluding hydrogens is 316 g/mol. The molecule has 0 unspecified atom stereocenters. The number of nitrogens with one attached hydrogen (secondary N) is 1. The molecule has 3 N–H and O–H groups in total. The molecule has 0 aliphatic carbocycles. The van der Waals surface area contributed by atoms with Gasteiger partial charge in [0.15, 0.2) is 5.69 Å². The van der Waals surface area contributed by atoms with Crippen LogP contribution in [0, 0.1) is 11.3 Å². The van der Waals surface area contributed by atoms with Crippen LogP contribution in [0.2, 0.25) is 0 Å². The van der Waals surface area contributed by atoms with Crippen LogP contribution in [-0.2, 0) is 0 Å². The van der Waals surface area contributed by atoms with E-state index in [0.29, 0.717) is 28.7 Å². The van der Waals surface area contributed by atoms with Gasteiger partial charge in [0, 0.05) is 29.1 Å². The molecule has 2 aromatic heterocycles. The molecule has 0 atom stereocenters. The summed E-state index contributed by atoms with van der Waals surface area (Å²) in [6, 6.07) is 7.62. The Balaban J connectivity index is 2.17. The number of aromatic nitrogens is 3. The summed E-state index contributed by atoms with van der Waals surface area (Å²) in [5.41, 5.74) is 8.53. The van der Waals surface area contributed by atoms with Gasteiger partial charge in [0.1, 0.15) is 6.07 Å². The first-order chi connectivity index (χ1) is 12.2. The summed E-state index contributed by atoms with van der Waals surface area (Å²) in [5, 5.41) is 21.1. The van der Waals surface area contributed by atoms with Gasteiger partial charge in [-0.25, -0.2) is 4.98 Å². The van der Waals surface area contributed by atoms with Crippen molar-refractivity contribution in [2.75, 3.05) is 12.3 Å². The van der Waals surface area contributed by atoms with Crippen LogP contribution in [0.25, 0.3) is 21.9 Å². The average molecular weight is 332 g/mol. The average Bonchev–Trinajstić information content (AvgIpc) is 2.66. The SMILES string of the molecule is CCCNC(=O)c1ncc2c(-c3cnncc3C#N)cccc2c1N. The Morgan fingerprint density at radius 3 is 2.76 bits per heavy atom. The number of carbonyl (C=O) groups is 1. The summed E-state index contributed by atoms with van der Waals surface area (Å²) in [4.78, 5) is 16.5. The first-order valence-electron chi connectivity index (χ1n) is 7.84. The van der Waals surface area contributed by atoms with E-state index in [1.54, 1.807) is 6.20 Å². The van der Waals surface area contributed by atoms with Gasteiger partial charge in [-0.15, -0.1) is 0 Å². The van der Waals surface area contributed by atoms with Crippen molar-refractivity contribution in [2.45, 2.75) is 13.3 Å². The van der Waals surface area contributed by atoms with E-state index < -0.39 is 0 Å². The molecule has 0 bridgehead atoms. The molecule has 0 spiro atoms. The number of rotatable bonds is 4. The molecule has 0 saturated heterocycles. The molecule has 3 rings (SSSR count). The van der Waals surface area contributed by atoms with Gasteiger partial charge in [-0.2, -0.15) is 15.5 Å². The number of anilines is 1. The minimum atomic E-state index is -0.296. The molecule has 25 heavy (non-hydrogen) atoms. The zero-order chi connectivity index (χ0) is 17.8. The van der Waals surface area contributed by atoms with Crippen molar-refractivity contribution in [3.8, 4) is 17.2 Å². The number of nitrogens with two attached hydrogens (primary N) is 1. The number of nitriles is 1. The van der Waals surface area contributed by atoms with Crippen molar-refractivity contribution in [1.82, 2.24) is 20.5 Å². The van der Waals surface area contributed by atoms with Crippen LogP contribution in [0.5, 0.6) is 0 Å². The third kappa shape index (κ3) is 2.97. The summed E-state index contributed by atoms with van der Waals surface area (Å²) < 4.78 is 0. The maximum atomic E-state index is 12.2. The molecule has 0 aliphatic rings.